The van der Waals surface area contributed by atoms with Gasteiger partial charge in [0.15, 0.2) is 0 Å². The molecule has 2 atom stereocenters. The van der Waals surface area contributed by atoms with Crippen molar-refractivity contribution >= 4 is 0 Å². The predicted molar refractivity (Wildman–Crippen MR) is 102 cm³/mol. The van der Waals surface area contributed by atoms with Crippen LogP contribution >= 0.6 is 0 Å². The summed E-state index contributed by atoms with van der Waals surface area (Å²) in [4.78, 5) is 0. The average Bonchev–Trinajstić information content (AvgIpc) is 2.63. The van der Waals surface area contributed by atoms with E-state index in [1.807, 2.05) is 0 Å². The van der Waals surface area contributed by atoms with Crippen molar-refractivity contribution in [2.75, 3.05) is 0 Å². The molecule has 0 fully saturated rings. The van der Waals surface area contributed by atoms with Crippen LogP contribution in [0.2, 0.25) is 0 Å². The number of hydrogen-bond acceptors (Lipinski definition) is 2. The highest BCUT2D eigenvalue weighted by molar-refractivity contribution is 5.29. The van der Waals surface area contributed by atoms with Gasteiger partial charge in [-0.2, -0.15) is 10.5 Å². The second-order valence-electron chi connectivity index (χ2n) is 6.82. The molecule has 0 aliphatic carbocycles. The number of nitrogens with zero attached hydrogens (tertiary/aromatic N) is 2. The van der Waals surface area contributed by atoms with Crippen LogP contribution in [0.4, 0.5) is 0 Å². The molecule has 2 unspecified atom stereocenters. The summed E-state index contributed by atoms with van der Waals surface area (Å²) in [5.74, 6) is -0.0473. The van der Waals surface area contributed by atoms with Gasteiger partial charge in [0.05, 0.1) is 24.0 Å². The minimum Gasteiger partial charge on any atom is -0.198 e. The quantitative estimate of drug-likeness (QED) is 0.543. The Morgan fingerprint density at radius 3 is 1.32 bits per heavy atom. The highest BCUT2D eigenvalue weighted by Crippen LogP contribution is 2.25. The standard InChI is InChI=1S/C23H26N2/c1-18-8-12-20(13-9-18)22(16-24)6-4-3-5-7-23(17-25)21-14-10-19(2)11-15-21/h8-15,22-23H,3-7H2,1-2H3. The second kappa shape index (κ2) is 9.65. The van der Waals surface area contributed by atoms with Gasteiger partial charge in [-0.3, -0.25) is 0 Å². The number of benzene rings is 2. The van der Waals surface area contributed by atoms with Crippen molar-refractivity contribution in [2.45, 2.75) is 57.8 Å². The molecular formula is C23H26N2. The van der Waals surface area contributed by atoms with Crippen molar-refractivity contribution in [3.63, 3.8) is 0 Å². The lowest BCUT2D eigenvalue weighted by Crippen LogP contribution is -1.98. The monoisotopic (exact) mass is 330 g/mol. The summed E-state index contributed by atoms with van der Waals surface area (Å²) >= 11 is 0. The number of hydrogen-bond donors (Lipinski definition) is 0. The Kier molecular flexibility index (Phi) is 7.24. The number of rotatable bonds is 8. The first-order valence-corrected chi connectivity index (χ1v) is 9.06. The van der Waals surface area contributed by atoms with Gasteiger partial charge in [-0.15, -0.1) is 0 Å². The number of aryl methyl sites for hydroxylation is 2. The molecule has 2 aromatic rings. The van der Waals surface area contributed by atoms with Crippen LogP contribution in [0.25, 0.3) is 0 Å². The molecule has 128 valence electrons. The molecule has 0 saturated heterocycles. The van der Waals surface area contributed by atoms with Gasteiger partial charge in [0, 0.05) is 0 Å². The molecule has 2 aromatic carbocycles. The summed E-state index contributed by atoms with van der Waals surface area (Å²) in [7, 11) is 0. The normalized spacial score (nSPS) is 12.8. The van der Waals surface area contributed by atoms with E-state index >= 15 is 0 Å². The van der Waals surface area contributed by atoms with E-state index < -0.39 is 0 Å². The third-order valence-corrected chi connectivity index (χ3v) is 4.76. The van der Waals surface area contributed by atoms with E-state index in [0.717, 1.165) is 43.2 Å². The number of unbranched alkanes of at least 4 members (excludes halogenated alkanes) is 2. The third kappa shape index (κ3) is 5.77. The molecule has 2 rings (SSSR count). The molecule has 0 radical (unpaired) electrons. The molecule has 0 aliphatic heterocycles. The zero-order valence-corrected chi connectivity index (χ0v) is 15.2. The lowest BCUT2D eigenvalue weighted by molar-refractivity contribution is 0.579. The molecule has 0 N–H and O–H groups in total. The first-order chi connectivity index (χ1) is 12.1. The van der Waals surface area contributed by atoms with E-state index in [1.165, 1.54) is 11.1 Å². The Labute approximate surface area is 151 Å². The highest BCUT2D eigenvalue weighted by atomic mass is 14.3. The summed E-state index contributed by atoms with van der Waals surface area (Å²) in [5.41, 5.74) is 4.67. The van der Waals surface area contributed by atoms with E-state index in [1.54, 1.807) is 0 Å². The number of nitriles is 2. The zero-order valence-electron chi connectivity index (χ0n) is 15.2. The molecule has 2 heteroatoms. The minimum absolute atomic E-state index is 0.0236. The minimum atomic E-state index is -0.0236. The van der Waals surface area contributed by atoms with E-state index in [4.69, 9.17) is 0 Å². The van der Waals surface area contributed by atoms with E-state index in [9.17, 15) is 10.5 Å². The Morgan fingerprint density at radius 2 is 1.00 bits per heavy atom. The molecule has 2 nitrogen and oxygen atoms in total. The van der Waals surface area contributed by atoms with Gasteiger partial charge in [-0.05, 0) is 37.8 Å². The van der Waals surface area contributed by atoms with Gasteiger partial charge in [0.25, 0.3) is 0 Å². The molecule has 0 spiro atoms. The van der Waals surface area contributed by atoms with E-state index in [2.05, 4.69) is 74.5 Å². The van der Waals surface area contributed by atoms with Crippen LogP contribution in [0.5, 0.6) is 0 Å². The van der Waals surface area contributed by atoms with Crippen LogP contribution in [0, 0.1) is 36.5 Å². The first-order valence-electron chi connectivity index (χ1n) is 9.06. The summed E-state index contributed by atoms with van der Waals surface area (Å²) in [6.07, 6.45) is 4.90. The van der Waals surface area contributed by atoms with Crippen LogP contribution in [0.3, 0.4) is 0 Å². The van der Waals surface area contributed by atoms with Crippen molar-refractivity contribution in [1.29, 1.82) is 10.5 Å². The van der Waals surface area contributed by atoms with Crippen molar-refractivity contribution in [3.8, 4) is 12.1 Å². The van der Waals surface area contributed by atoms with Crippen LogP contribution in [-0.4, -0.2) is 0 Å². The van der Waals surface area contributed by atoms with Gasteiger partial charge in [0.1, 0.15) is 0 Å². The lowest BCUT2D eigenvalue weighted by atomic mass is 9.91. The van der Waals surface area contributed by atoms with Gasteiger partial charge < -0.3 is 0 Å². The Hall–Kier alpha value is -2.58. The summed E-state index contributed by atoms with van der Waals surface area (Å²) in [6.45, 7) is 4.12. The molecule has 25 heavy (non-hydrogen) atoms. The maximum absolute atomic E-state index is 9.41. The largest absolute Gasteiger partial charge is 0.198 e. The maximum atomic E-state index is 9.41. The Morgan fingerprint density at radius 1 is 0.640 bits per heavy atom. The van der Waals surface area contributed by atoms with Gasteiger partial charge in [-0.1, -0.05) is 78.9 Å². The van der Waals surface area contributed by atoms with Crippen LogP contribution in [-0.2, 0) is 0 Å². The topological polar surface area (TPSA) is 47.6 Å². The fraction of sp³-hybridized carbons (Fsp3) is 0.391. The fourth-order valence-corrected chi connectivity index (χ4v) is 3.08. The van der Waals surface area contributed by atoms with Crippen molar-refractivity contribution in [3.05, 3.63) is 70.8 Å². The second-order valence-corrected chi connectivity index (χ2v) is 6.82. The molecule has 0 bridgehead atoms. The lowest BCUT2D eigenvalue weighted by Gasteiger charge is -2.11. The van der Waals surface area contributed by atoms with Gasteiger partial charge in [0.2, 0.25) is 0 Å². The van der Waals surface area contributed by atoms with Crippen LogP contribution < -0.4 is 0 Å². The molecule has 0 aliphatic rings. The fourth-order valence-electron chi connectivity index (χ4n) is 3.08. The molecule has 0 amide bonds. The smallest absolute Gasteiger partial charge is 0.0712 e. The first kappa shape index (κ1) is 18.8. The van der Waals surface area contributed by atoms with Crippen LogP contribution in [0.1, 0.15) is 66.2 Å². The Balaban J connectivity index is 1.76. The zero-order chi connectivity index (χ0) is 18.1. The van der Waals surface area contributed by atoms with Crippen molar-refractivity contribution in [2.24, 2.45) is 0 Å². The highest BCUT2D eigenvalue weighted by Gasteiger charge is 2.12. The average molecular weight is 330 g/mol. The van der Waals surface area contributed by atoms with Crippen molar-refractivity contribution in [1.82, 2.24) is 0 Å². The third-order valence-electron chi connectivity index (χ3n) is 4.76. The predicted octanol–water partition coefficient (Wildman–Crippen LogP) is 6.17. The summed E-state index contributed by atoms with van der Waals surface area (Å²) in [6, 6.07) is 21.4. The molecular weight excluding hydrogens is 304 g/mol. The summed E-state index contributed by atoms with van der Waals surface area (Å²) < 4.78 is 0. The van der Waals surface area contributed by atoms with Gasteiger partial charge in [-0.25, -0.2) is 0 Å². The molecule has 0 saturated carbocycles. The van der Waals surface area contributed by atoms with E-state index in [-0.39, 0.29) is 11.8 Å². The maximum Gasteiger partial charge on any atom is 0.0712 e. The molecule has 0 aromatic heterocycles. The SMILES string of the molecule is Cc1ccc(C(C#N)CCCCCC(C#N)c2ccc(C)cc2)cc1. The molecule has 0 heterocycles. The Bertz CT molecular complexity index is 664. The van der Waals surface area contributed by atoms with Crippen LogP contribution in [0.15, 0.2) is 48.5 Å². The van der Waals surface area contributed by atoms with E-state index in [0.29, 0.717) is 0 Å². The van der Waals surface area contributed by atoms with Gasteiger partial charge >= 0.3 is 0 Å². The summed E-state index contributed by atoms with van der Waals surface area (Å²) in [5, 5.41) is 18.8. The van der Waals surface area contributed by atoms with Crippen molar-refractivity contribution < 1.29 is 0 Å².